The molecule has 0 radical (unpaired) electrons. The third-order valence-electron chi connectivity index (χ3n) is 6.55. The van der Waals surface area contributed by atoms with E-state index in [0.29, 0.717) is 0 Å². The van der Waals surface area contributed by atoms with E-state index in [1.165, 1.54) is 38.5 Å². The first-order valence-electron chi connectivity index (χ1n) is 10.9. The molecule has 1 aliphatic carbocycles. The molecule has 0 saturated heterocycles. The summed E-state index contributed by atoms with van der Waals surface area (Å²) in [5.41, 5.74) is 0.743. The minimum absolute atomic E-state index is 0.743. The van der Waals surface area contributed by atoms with Gasteiger partial charge in [-0.2, -0.15) is 0 Å². The third kappa shape index (κ3) is 3.68. The quantitative estimate of drug-likeness (QED) is 0.433. The third-order valence-corrected chi connectivity index (χ3v) is 11.5. The van der Waals surface area contributed by atoms with Crippen LogP contribution in [0.4, 0.5) is 0 Å². The van der Waals surface area contributed by atoms with Gasteiger partial charge in [-0.1, -0.05) is 74.4 Å². The molecule has 0 unspecified atom stereocenters. The molecule has 4 rings (SSSR count). The van der Waals surface area contributed by atoms with Crippen molar-refractivity contribution in [1.29, 1.82) is 0 Å². The van der Waals surface area contributed by atoms with Crippen LogP contribution in [0.25, 0.3) is 0 Å². The molecule has 3 aromatic rings. The lowest BCUT2D eigenvalue weighted by Gasteiger charge is -2.38. The van der Waals surface area contributed by atoms with Crippen molar-refractivity contribution in [3.8, 4) is 0 Å². The van der Waals surface area contributed by atoms with Gasteiger partial charge in [-0.15, -0.1) is 0 Å². The monoisotopic (exact) mass is 387 g/mol. The lowest BCUT2D eigenvalue weighted by atomic mass is 9.86. The van der Waals surface area contributed by atoms with Crippen LogP contribution in [0.5, 0.6) is 0 Å². The molecular formula is C27H32P+. The molecule has 0 spiro atoms. The fourth-order valence-corrected chi connectivity index (χ4v) is 10.5. The van der Waals surface area contributed by atoms with E-state index in [0.717, 1.165) is 11.6 Å². The van der Waals surface area contributed by atoms with Crippen LogP contribution < -0.4 is 15.9 Å². The van der Waals surface area contributed by atoms with E-state index in [9.17, 15) is 0 Å². The highest BCUT2D eigenvalue weighted by molar-refractivity contribution is 7.96. The summed E-state index contributed by atoms with van der Waals surface area (Å²) in [7, 11) is -1.67. The van der Waals surface area contributed by atoms with Crippen molar-refractivity contribution in [3.63, 3.8) is 0 Å². The summed E-state index contributed by atoms with van der Waals surface area (Å²) in [6.45, 7) is 2.33. The predicted octanol–water partition coefficient (Wildman–Crippen LogP) is 6.34. The Morgan fingerprint density at radius 3 is 1.36 bits per heavy atom. The van der Waals surface area contributed by atoms with E-state index in [1.807, 2.05) is 0 Å². The molecule has 1 aliphatic rings. The van der Waals surface area contributed by atoms with Crippen LogP contribution in [0.2, 0.25) is 0 Å². The first-order chi connectivity index (χ1) is 13.9. The van der Waals surface area contributed by atoms with Gasteiger partial charge < -0.3 is 0 Å². The van der Waals surface area contributed by atoms with Gasteiger partial charge in [0.2, 0.25) is 0 Å². The zero-order chi connectivity index (χ0) is 19.2. The molecule has 0 heterocycles. The predicted molar refractivity (Wildman–Crippen MR) is 126 cm³/mol. The average molecular weight is 388 g/mol. The Balaban J connectivity index is 1.87. The molecule has 1 heteroatoms. The van der Waals surface area contributed by atoms with E-state index < -0.39 is 7.26 Å². The summed E-state index contributed by atoms with van der Waals surface area (Å²) in [6, 6.07) is 34.3. The highest BCUT2D eigenvalue weighted by Gasteiger charge is 2.52. The lowest BCUT2D eigenvalue weighted by Crippen LogP contribution is -2.40. The van der Waals surface area contributed by atoms with Crippen molar-refractivity contribution in [3.05, 3.63) is 91.0 Å². The van der Waals surface area contributed by atoms with Gasteiger partial charge in [0, 0.05) is 0 Å². The SMILES string of the molecule is CCCC1CCC([P+](c2ccccc2)(c2ccccc2)c2ccccc2)CC1. The number of rotatable bonds is 6. The van der Waals surface area contributed by atoms with Gasteiger partial charge in [-0.25, -0.2) is 0 Å². The first kappa shape index (κ1) is 19.4. The molecule has 0 N–H and O–H groups in total. The van der Waals surface area contributed by atoms with Crippen LogP contribution >= 0.6 is 7.26 Å². The molecule has 0 atom stereocenters. The summed E-state index contributed by atoms with van der Waals surface area (Å²) < 4.78 is 0. The van der Waals surface area contributed by atoms with E-state index >= 15 is 0 Å². The number of benzene rings is 3. The van der Waals surface area contributed by atoms with Crippen molar-refractivity contribution in [1.82, 2.24) is 0 Å². The second-order valence-electron chi connectivity index (χ2n) is 8.19. The molecule has 0 bridgehead atoms. The zero-order valence-corrected chi connectivity index (χ0v) is 17.9. The minimum Gasteiger partial charge on any atom is -0.0654 e. The topological polar surface area (TPSA) is 0 Å². The van der Waals surface area contributed by atoms with Crippen LogP contribution in [0.1, 0.15) is 45.4 Å². The van der Waals surface area contributed by atoms with Gasteiger partial charge in [-0.05, 0) is 68.0 Å². The van der Waals surface area contributed by atoms with E-state index in [-0.39, 0.29) is 0 Å². The molecule has 0 aliphatic heterocycles. The fraction of sp³-hybridized carbons (Fsp3) is 0.333. The Morgan fingerprint density at radius 1 is 0.607 bits per heavy atom. The molecular weight excluding hydrogens is 355 g/mol. The van der Waals surface area contributed by atoms with E-state index in [1.54, 1.807) is 15.9 Å². The van der Waals surface area contributed by atoms with Crippen molar-refractivity contribution in [2.24, 2.45) is 5.92 Å². The van der Waals surface area contributed by atoms with Gasteiger partial charge in [0.05, 0.1) is 5.66 Å². The highest BCUT2D eigenvalue weighted by atomic mass is 31.2. The number of hydrogen-bond donors (Lipinski definition) is 0. The van der Waals surface area contributed by atoms with Gasteiger partial charge in [0.1, 0.15) is 23.2 Å². The Kier molecular flexibility index (Phi) is 6.28. The minimum atomic E-state index is -1.67. The van der Waals surface area contributed by atoms with Crippen LogP contribution in [0.3, 0.4) is 0 Å². The number of hydrogen-bond acceptors (Lipinski definition) is 0. The first-order valence-corrected chi connectivity index (χ1v) is 12.8. The normalized spacial score (nSPS) is 20.0. The summed E-state index contributed by atoms with van der Waals surface area (Å²) in [4.78, 5) is 0. The highest BCUT2D eigenvalue weighted by Crippen LogP contribution is 2.63. The summed E-state index contributed by atoms with van der Waals surface area (Å²) in [6.07, 6.45) is 8.24. The molecule has 1 fully saturated rings. The van der Waals surface area contributed by atoms with Crippen LogP contribution in [0.15, 0.2) is 91.0 Å². The van der Waals surface area contributed by atoms with Crippen LogP contribution in [-0.4, -0.2) is 5.66 Å². The summed E-state index contributed by atoms with van der Waals surface area (Å²) in [5, 5.41) is 4.64. The van der Waals surface area contributed by atoms with E-state index in [2.05, 4.69) is 97.9 Å². The fourth-order valence-electron chi connectivity index (χ4n) is 5.30. The maximum Gasteiger partial charge on any atom is 0.115 e. The van der Waals surface area contributed by atoms with E-state index in [4.69, 9.17) is 0 Å². The summed E-state index contributed by atoms with van der Waals surface area (Å²) >= 11 is 0. The van der Waals surface area contributed by atoms with Crippen LogP contribution in [-0.2, 0) is 0 Å². The van der Waals surface area contributed by atoms with Crippen molar-refractivity contribution in [2.75, 3.05) is 0 Å². The standard InChI is InChI=1S/C27H32P/c1-2-12-23-19-21-27(22-20-23)28(24-13-6-3-7-14-24,25-15-8-4-9-16-25)26-17-10-5-11-18-26/h3-11,13-18,23,27H,2,12,19-22H2,1H3/q+1. The molecule has 3 aromatic carbocycles. The zero-order valence-electron chi connectivity index (χ0n) is 17.0. The largest absolute Gasteiger partial charge is 0.115 e. The Hall–Kier alpha value is -1.91. The smallest absolute Gasteiger partial charge is 0.0654 e. The molecule has 0 aromatic heterocycles. The second kappa shape index (κ2) is 9.06. The van der Waals surface area contributed by atoms with Gasteiger partial charge >= 0.3 is 0 Å². The van der Waals surface area contributed by atoms with Gasteiger partial charge in [0.15, 0.2) is 0 Å². The van der Waals surface area contributed by atoms with Gasteiger partial charge in [0.25, 0.3) is 0 Å². The van der Waals surface area contributed by atoms with Crippen molar-refractivity contribution < 1.29 is 0 Å². The summed E-state index contributed by atoms with van der Waals surface area (Å²) in [5.74, 6) is 0.936. The molecule has 28 heavy (non-hydrogen) atoms. The average Bonchev–Trinajstić information content (AvgIpc) is 2.78. The van der Waals surface area contributed by atoms with Crippen molar-refractivity contribution >= 4 is 23.2 Å². The second-order valence-corrected chi connectivity index (χ2v) is 11.9. The molecule has 144 valence electrons. The molecule has 0 nitrogen and oxygen atoms in total. The maximum absolute atomic E-state index is 2.39. The lowest BCUT2D eigenvalue weighted by molar-refractivity contribution is 0.340. The van der Waals surface area contributed by atoms with Gasteiger partial charge in [-0.3, -0.25) is 0 Å². The molecule has 0 amide bonds. The maximum atomic E-state index is 2.39. The Morgan fingerprint density at radius 2 is 1.00 bits per heavy atom. The van der Waals surface area contributed by atoms with Crippen LogP contribution in [0, 0.1) is 5.92 Å². The Labute approximate surface area is 171 Å². The Bertz CT molecular complexity index is 737. The van der Waals surface area contributed by atoms with Crippen molar-refractivity contribution in [2.45, 2.75) is 51.1 Å². The molecule has 1 saturated carbocycles.